The molecule has 4 nitrogen and oxygen atoms in total. The van der Waals surface area contributed by atoms with Gasteiger partial charge in [0, 0.05) is 5.57 Å². The van der Waals surface area contributed by atoms with Gasteiger partial charge in [0.2, 0.25) is 0 Å². The molecular formula is C33H28N4. The lowest BCUT2D eigenvalue weighted by molar-refractivity contribution is 0.653. The quantitative estimate of drug-likeness (QED) is 0.401. The van der Waals surface area contributed by atoms with Crippen LogP contribution in [0.5, 0.6) is 0 Å². The molecule has 0 bridgehead atoms. The largest absolute Gasteiger partial charge is 0.307 e. The predicted octanol–water partition coefficient (Wildman–Crippen LogP) is 4.65. The van der Waals surface area contributed by atoms with Crippen LogP contribution >= 0.6 is 0 Å². The van der Waals surface area contributed by atoms with Gasteiger partial charge < -0.3 is 22.9 Å². The van der Waals surface area contributed by atoms with Gasteiger partial charge in [-0.2, -0.15) is 0 Å². The van der Waals surface area contributed by atoms with E-state index in [1.165, 1.54) is 22.3 Å². The van der Waals surface area contributed by atoms with Gasteiger partial charge in [0.1, 0.15) is 11.3 Å². The summed E-state index contributed by atoms with van der Waals surface area (Å²) in [6.07, 6.45) is 11.7. The van der Waals surface area contributed by atoms with Crippen LogP contribution in [0.25, 0.3) is 22.8 Å². The van der Waals surface area contributed by atoms with Gasteiger partial charge >= 0.3 is 0 Å². The fourth-order valence-corrected chi connectivity index (χ4v) is 6.70. The van der Waals surface area contributed by atoms with E-state index in [-0.39, 0.29) is 0 Å². The normalized spacial score (nSPS) is 20.9. The summed E-state index contributed by atoms with van der Waals surface area (Å²) < 4.78 is 0. The van der Waals surface area contributed by atoms with E-state index in [0.29, 0.717) is 0 Å². The molecule has 37 heavy (non-hydrogen) atoms. The van der Waals surface area contributed by atoms with Crippen LogP contribution in [0.2, 0.25) is 0 Å². The van der Waals surface area contributed by atoms with Crippen molar-refractivity contribution >= 4 is 11.6 Å². The number of nitrogens with two attached hydrogens (primary N) is 4. The molecule has 0 aliphatic heterocycles. The molecule has 3 aromatic rings. The first-order valence-electron chi connectivity index (χ1n) is 12.5. The Labute approximate surface area is 216 Å². The molecule has 1 spiro atoms. The molecule has 180 valence electrons. The Kier molecular flexibility index (Phi) is 4.34. The van der Waals surface area contributed by atoms with Gasteiger partial charge in [-0.25, -0.2) is 0 Å². The third-order valence-electron chi connectivity index (χ3n) is 8.16. The van der Waals surface area contributed by atoms with Crippen LogP contribution in [0, 0.1) is 0 Å². The first-order valence-corrected chi connectivity index (χ1v) is 12.5. The van der Waals surface area contributed by atoms with Crippen molar-refractivity contribution in [1.82, 2.24) is 0 Å². The first kappa shape index (κ1) is 22.2. The van der Waals surface area contributed by atoms with Crippen molar-refractivity contribution in [3.63, 3.8) is 0 Å². The summed E-state index contributed by atoms with van der Waals surface area (Å²) in [5, 5.41) is 0. The number of benzene rings is 3. The second-order valence-electron chi connectivity index (χ2n) is 10.4. The second-order valence-corrected chi connectivity index (χ2v) is 10.4. The van der Waals surface area contributed by atoms with E-state index in [2.05, 4.69) is 79.4 Å². The molecule has 0 radical (unpaired) electrons. The number of rotatable bonds is 2. The van der Waals surface area contributed by atoms with Crippen molar-refractivity contribution < 1.29 is 0 Å². The lowest BCUT2D eigenvalue weighted by Gasteiger charge is -2.40. The molecule has 4 aliphatic rings. The van der Waals surface area contributed by atoms with Crippen LogP contribution in [0.3, 0.4) is 0 Å². The minimum absolute atomic E-state index is 0.659. The Morgan fingerprint density at radius 2 is 1.24 bits per heavy atom. The maximum atomic E-state index is 6.92. The van der Waals surface area contributed by atoms with Crippen LogP contribution in [0.15, 0.2) is 132 Å². The molecule has 0 aromatic heterocycles. The monoisotopic (exact) mass is 480 g/mol. The summed E-state index contributed by atoms with van der Waals surface area (Å²) >= 11 is 0. The maximum absolute atomic E-state index is 6.92. The third-order valence-corrected chi connectivity index (χ3v) is 8.16. The van der Waals surface area contributed by atoms with Crippen molar-refractivity contribution in [2.45, 2.75) is 16.7 Å². The van der Waals surface area contributed by atoms with Crippen LogP contribution in [-0.4, -0.2) is 11.3 Å². The second kappa shape index (κ2) is 7.25. The molecular weight excluding hydrogens is 452 g/mol. The maximum Gasteiger partial charge on any atom is 0.110 e. The number of hydrogen-bond acceptors (Lipinski definition) is 4. The predicted molar refractivity (Wildman–Crippen MR) is 152 cm³/mol. The molecule has 0 atom stereocenters. The molecule has 0 saturated carbocycles. The van der Waals surface area contributed by atoms with E-state index in [4.69, 9.17) is 22.9 Å². The zero-order chi connectivity index (χ0) is 25.6. The Morgan fingerprint density at radius 1 is 0.649 bits per heavy atom. The van der Waals surface area contributed by atoms with Crippen molar-refractivity contribution in [3.05, 3.63) is 154 Å². The fourth-order valence-electron chi connectivity index (χ4n) is 6.70. The van der Waals surface area contributed by atoms with Gasteiger partial charge in [-0.1, -0.05) is 97.6 Å². The summed E-state index contributed by atoms with van der Waals surface area (Å²) in [6.45, 7) is 3.91. The third kappa shape index (κ3) is 2.81. The molecule has 3 aromatic carbocycles. The zero-order valence-corrected chi connectivity index (χ0v) is 20.4. The summed E-state index contributed by atoms with van der Waals surface area (Å²) in [6, 6.07) is 25.4. The smallest absolute Gasteiger partial charge is 0.110 e. The van der Waals surface area contributed by atoms with Gasteiger partial charge in [0.25, 0.3) is 0 Å². The minimum atomic E-state index is -1.19. The van der Waals surface area contributed by atoms with Crippen molar-refractivity contribution in [2.75, 3.05) is 0 Å². The highest BCUT2D eigenvalue weighted by Crippen LogP contribution is 2.66. The Bertz CT molecular complexity index is 1630. The first-order chi connectivity index (χ1) is 17.8. The number of allylic oxidation sites excluding steroid dienone is 6. The highest BCUT2D eigenvalue weighted by Gasteiger charge is 2.57. The SMILES string of the molecule is C=Cc1ccc(C2=C3C(=C4C=CC(N)(N)C=C4C34c3ccccc3-c3ccccc34)C=CC2(N)N)cc1. The molecule has 8 N–H and O–H groups in total. The molecule has 7 rings (SSSR count). The van der Waals surface area contributed by atoms with Gasteiger partial charge in [-0.15, -0.1) is 0 Å². The average molecular weight is 481 g/mol. The molecule has 0 saturated heterocycles. The summed E-state index contributed by atoms with van der Waals surface area (Å²) in [5.74, 6) is 0. The topological polar surface area (TPSA) is 104 Å². The lowest BCUT2D eigenvalue weighted by atomic mass is 9.64. The van der Waals surface area contributed by atoms with E-state index >= 15 is 0 Å². The number of hydrogen-bond donors (Lipinski definition) is 4. The summed E-state index contributed by atoms with van der Waals surface area (Å²) in [7, 11) is 0. The Hall–Kier alpha value is -4.06. The molecule has 0 unspecified atom stereocenters. The van der Waals surface area contributed by atoms with Gasteiger partial charge in [-0.05, 0) is 73.9 Å². The molecule has 0 heterocycles. The van der Waals surface area contributed by atoms with Gasteiger partial charge in [0.15, 0.2) is 0 Å². The lowest BCUT2D eigenvalue weighted by Crippen LogP contribution is -2.51. The van der Waals surface area contributed by atoms with E-state index < -0.39 is 16.7 Å². The highest BCUT2D eigenvalue weighted by atomic mass is 15.0. The van der Waals surface area contributed by atoms with E-state index in [1.54, 1.807) is 0 Å². The van der Waals surface area contributed by atoms with Crippen molar-refractivity contribution in [3.8, 4) is 11.1 Å². The summed E-state index contributed by atoms with van der Waals surface area (Å²) in [4.78, 5) is 0. The average Bonchev–Trinajstić information content (AvgIpc) is 3.34. The standard InChI is InChI=1S/C33H28N4/c1-2-20-11-13-21(14-12-20)29-30-25(16-18-32(29,36)37)24-15-17-31(34,35)19-28(24)33(30)26-9-5-3-7-22(26)23-8-4-6-10-27(23)33/h2-19H,1,34-37H2. The van der Waals surface area contributed by atoms with Crippen LogP contribution in [-0.2, 0) is 5.41 Å². The van der Waals surface area contributed by atoms with Crippen LogP contribution in [0.1, 0.15) is 22.3 Å². The van der Waals surface area contributed by atoms with Crippen molar-refractivity contribution in [2.24, 2.45) is 22.9 Å². The molecule has 0 amide bonds. The van der Waals surface area contributed by atoms with E-state index in [0.717, 1.165) is 39.0 Å². The van der Waals surface area contributed by atoms with Gasteiger partial charge in [-0.3, -0.25) is 0 Å². The zero-order valence-electron chi connectivity index (χ0n) is 20.4. The van der Waals surface area contributed by atoms with Crippen LogP contribution in [0.4, 0.5) is 0 Å². The summed E-state index contributed by atoms with van der Waals surface area (Å²) in [5.41, 5.74) is 36.0. The number of fused-ring (bicyclic) bond motifs is 9. The molecule has 0 fully saturated rings. The Balaban J connectivity index is 1.69. The van der Waals surface area contributed by atoms with Crippen LogP contribution < -0.4 is 22.9 Å². The van der Waals surface area contributed by atoms with Gasteiger partial charge in [0.05, 0.1) is 5.41 Å². The molecule has 4 aliphatic carbocycles. The van der Waals surface area contributed by atoms with E-state index in [9.17, 15) is 0 Å². The minimum Gasteiger partial charge on any atom is -0.307 e. The van der Waals surface area contributed by atoms with E-state index in [1.807, 2.05) is 36.4 Å². The fraction of sp³-hybridized carbons (Fsp3) is 0.0909. The molecule has 4 heteroatoms. The Morgan fingerprint density at radius 3 is 1.86 bits per heavy atom. The highest BCUT2D eigenvalue weighted by molar-refractivity contribution is 5.99. The van der Waals surface area contributed by atoms with Crippen molar-refractivity contribution in [1.29, 1.82) is 0 Å².